The second-order valence-corrected chi connectivity index (χ2v) is 4.54. The molecule has 0 radical (unpaired) electrons. The molecule has 3 N–H and O–H groups in total. The van der Waals surface area contributed by atoms with Gasteiger partial charge in [0.2, 0.25) is 0 Å². The number of nitrogens with two attached hydrogens (primary N) is 1. The van der Waals surface area contributed by atoms with Gasteiger partial charge in [0.1, 0.15) is 5.82 Å². The van der Waals surface area contributed by atoms with Gasteiger partial charge in [0, 0.05) is 5.56 Å². The molecule has 0 aliphatic rings. The van der Waals surface area contributed by atoms with Crippen LogP contribution in [0, 0.1) is 17.7 Å². The number of nitrogens with one attached hydrogen (secondary N) is 1. The second-order valence-electron chi connectivity index (χ2n) is 4.13. The van der Waals surface area contributed by atoms with Crippen LogP contribution in [0.5, 0.6) is 0 Å². The molecule has 0 heterocycles. The summed E-state index contributed by atoms with van der Waals surface area (Å²) in [5, 5.41) is 2.83. The summed E-state index contributed by atoms with van der Waals surface area (Å²) in [6.45, 7) is 0.200. The molecule has 0 atom stereocenters. The SMILES string of the molecule is NCC#Cc1ccccc1C(=O)Nc1cc(F)ccc1Cl. The third kappa shape index (κ3) is 3.82. The van der Waals surface area contributed by atoms with E-state index in [1.54, 1.807) is 24.3 Å². The Balaban J connectivity index is 2.31. The molecule has 5 heteroatoms. The Morgan fingerprint density at radius 1 is 1.29 bits per heavy atom. The average Bonchev–Trinajstić information content (AvgIpc) is 2.49. The van der Waals surface area contributed by atoms with Gasteiger partial charge in [-0.1, -0.05) is 35.6 Å². The number of carbonyl (C=O) groups excluding carboxylic acids is 1. The summed E-state index contributed by atoms with van der Waals surface area (Å²) in [6, 6.07) is 10.6. The maximum absolute atomic E-state index is 13.2. The van der Waals surface area contributed by atoms with E-state index in [0.717, 1.165) is 6.07 Å². The molecule has 0 fully saturated rings. The van der Waals surface area contributed by atoms with Gasteiger partial charge in [-0.3, -0.25) is 4.79 Å². The van der Waals surface area contributed by atoms with Crippen LogP contribution in [0.4, 0.5) is 10.1 Å². The van der Waals surface area contributed by atoms with E-state index in [1.165, 1.54) is 12.1 Å². The van der Waals surface area contributed by atoms with Crippen LogP contribution in [0.3, 0.4) is 0 Å². The van der Waals surface area contributed by atoms with Crippen molar-refractivity contribution in [3.05, 3.63) is 64.4 Å². The molecule has 0 aromatic heterocycles. The van der Waals surface area contributed by atoms with Gasteiger partial charge < -0.3 is 11.1 Å². The highest BCUT2D eigenvalue weighted by molar-refractivity contribution is 6.33. The standard InChI is InChI=1S/C16H12ClFN2O/c17-14-8-7-12(18)10-15(14)20-16(21)13-6-2-1-4-11(13)5-3-9-19/h1-2,4,6-8,10H,9,19H2,(H,20,21). The number of hydrogen-bond acceptors (Lipinski definition) is 2. The first-order valence-corrected chi connectivity index (χ1v) is 6.54. The molecular weight excluding hydrogens is 291 g/mol. The monoisotopic (exact) mass is 302 g/mol. The van der Waals surface area contributed by atoms with E-state index >= 15 is 0 Å². The Labute approximate surface area is 126 Å². The first-order valence-electron chi connectivity index (χ1n) is 6.16. The van der Waals surface area contributed by atoms with Gasteiger partial charge >= 0.3 is 0 Å². The number of rotatable bonds is 2. The topological polar surface area (TPSA) is 55.1 Å². The molecule has 2 rings (SSSR count). The molecule has 0 saturated carbocycles. The highest BCUT2D eigenvalue weighted by Gasteiger charge is 2.12. The van der Waals surface area contributed by atoms with Crippen molar-refractivity contribution in [1.82, 2.24) is 0 Å². The van der Waals surface area contributed by atoms with Gasteiger partial charge in [-0.15, -0.1) is 0 Å². The van der Waals surface area contributed by atoms with E-state index in [-0.39, 0.29) is 17.3 Å². The summed E-state index contributed by atoms with van der Waals surface area (Å²) in [7, 11) is 0. The van der Waals surface area contributed by atoms with Crippen LogP contribution in [0.2, 0.25) is 5.02 Å². The summed E-state index contributed by atoms with van der Waals surface area (Å²) in [5.74, 6) is 4.63. The minimum absolute atomic E-state index is 0.200. The van der Waals surface area contributed by atoms with E-state index in [9.17, 15) is 9.18 Å². The van der Waals surface area contributed by atoms with E-state index in [1.807, 2.05) is 0 Å². The Morgan fingerprint density at radius 3 is 2.81 bits per heavy atom. The molecule has 3 nitrogen and oxygen atoms in total. The van der Waals surface area contributed by atoms with Gasteiger partial charge in [0.15, 0.2) is 0 Å². The Bertz CT molecular complexity index is 735. The predicted octanol–water partition coefficient (Wildman–Crippen LogP) is 3.04. The van der Waals surface area contributed by atoms with Crippen molar-refractivity contribution in [3.63, 3.8) is 0 Å². The summed E-state index contributed by atoms with van der Waals surface area (Å²) in [6.07, 6.45) is 0. The Morgan fingerprint density at radius 2 is 2.05 bits per heavy atom. The molecule has 0 bridgehead atoms. The first kappa shape index (κ1) is 15.0. The highest BCUT2D eigenvalue weighted by atomic mass is 35.5. The predicted molar refractivity (Wildman–Crippen MR) is 81.7 cm³/mol. The van der Waals surface area contributed by atoms with Gasteiger partial charge in [-0.25, -0.2) is 4.39 Å². The van der Waals surface area contributed by atoms with Crippen LogP contribution in [0.1, 0.15) is 15.9 Å². The quantitative estimate of drug-likeness (QED) is 0.838. The lowest BCUT2D eigenvalue weighted by molar-refractivity contribution is 0.102. The maximum Gasteiger partial charge on any atom is 0.256 e. The van der Waals surface area contributed by atoms with Crippen molar-refractivity contribution >= 4 is 23.2 Å². The van der Waals surface area contributed by atoms with Crippen LogP contribution in [-0.2, 0) is 0 Å². The fraction of sp³-hybridized carbons (Fsp3) is 0.0625. The zero-order chi connectivity index (χ0) is 15.2. The molecular formula is C16H12ClFN2O. The number of hydrogen-bond donors (Lipinski definition) is 2. The Hall–Kier alpha value is -2.35. The van der Waals surface area contributed by atoms with Crippen molar-refractivity contribution in [1.29, 1.82) is 0 Å². The zero-order valence-electron chi connectivity index (χ0n) is 11.0. The second kappa shape index (κ2) is 6.89. The van der Waals surface area contributed by atoms with Gasteiger partial charge in [0.25, 0.3) is 5.91 Å². The van der Waals surface area contributed by atoms with Crippen LogP contribution in [0.15, 0.2) is 42.5 Å². The van der Waals surface area contributed by atoms with Crippen LogP contribution < -0.4 is 11.1 Å². The molecule has 0 aliphatic carbocycles. The molecule has 2 aromatic rings. The molecule has 0 unspecified atom stereocenters. The van der Waals surface area contributed by atoms with Crippen molar-refractivity contribution in [2.45, 2.75) is 0 Å². The lowest BCUT2D eigenvalue weighted by atomic mass is 10.1. The number of carbonyl (C=O) groups is 1. The summed E-state index contributed by atoms with van der Waals surface area (Å²) in [4.78, 5) is 12.3. The van der Waals surface area contributed by atoms with Crippen molar-refractivity contribution in [2.24, 2.45) is 5.73 Å². The maximum atomic E-state index is 13.2. The van der Waals surface area contributed by atoms with E-state index in [4.69, 9.17) is 17.3 Å². The van der Waals surface area contributed by atoms with Gasteiger partial charge in [-0.2, -0.15) is 0 Å². The largest absolute Gasteiger partial charge is 0.321 e. The van der Waals surface area contributed by atoms with Crippen molar-refractivity contribution in [3.8, 4) is 11.8 Å². The number of benzene rings is 2. The van der Waals surface area contributed by atoms with Crippen molar-refractivity contribution < 1.29 is 9.18 Å². The molecule has 0 spiro atoms. The molecule has 1 amide bonds. The lowest BCUT2D eigenvalue weighted by Gasteiger charge is -2.08. The van der Waals surface area contributed by atoms with E-state index < -0.39 is 11.7 Å². The molecule has 106 valence electrons. The normalized spacial score (nSPS) is 9.67. The molecule has 0 saturated heterocycles. The molecule has 2 aromatic carbocycles. The fourth-order valence-electron chi connectivity index (χ4n) is 1.72. The zero-order valence-corrected chi connectivity index (χ0v) is 11.7. The number of anilines is 1. The van der Waals surface area contributed by atoms with E-state index in [2.05, 4.69) is 17.2 Å². The summed E-state index contributed by atoms with van der Waals surface area (Å²) < 4.78 is 13.2. The molecule has 0 aliphatic heterocycles. The number of amides is 1. The Kier molecular flexibility index (Phi) is 4.94. The fourth-order valence-corrected chi connectivity index (χ4v) is 1.88. The lowest BCUT2D eigenvalue weighted by Crippen LogP contribution is -2.14. The average molecular weight is 303 g/mol. The van der Waals surface area contributed by atoms with Gasteiger partial charge in [0.05, 0.1) is 22.8 Å². The van der Waals surface area contributed by atoms with Crippen molar-refractivity contribution in [2.75, 3.05) is 11.9 Å². The van der Waals surface area contributed by atoms with Crippen LogP contribution in [-0.4, -0.2) is 12.5 Å². The first-order chi connectivity index (χ1) is 10.1. The van der Waals surface area contributed by atoms with Crippen LogP contribution >= 0.6 is 11.6 Å². The smallest absolute Gasteiger partial charge is 0.256 e. The number of halogens is 2. The van der Waals surface area contributed by atoms with E-state index in [0.29, 0.717) is 11.1 Å². The third-order valence-corrected chi connectivity index (χ3v) is 3.00. The summed E-state index contributed by atoms with van der Waals surface area (Å²) >= 11 is 5.93. The van der Waals surface area contributed by atoms with Crippen LogP contribution in [0.25, 0.3) is 0 Å². The van der Waals surface area contributed by atoms with Gasteiger partial charge in [-0.05, 0) is 30.3 Å². The minimum Gasteiger partial charge on any atom is -0.321 e. The summed E-state index contributed by atoms with van der Waals surface area (Å²) in [5.41, 5.74) is 6.46. The third-order valence-electron chi connectivity index (χ3n) is 2.67. The highest BCUT2D eigenvalue weighted by Crippen LogP contribution is 2.23. The molecule has 21 heavy (non-hydrogen) atoms. The minimum atomic E-state index is -0.481.